The minimum atomic E-state index is -4.83. The molecule has 10 heteroatoms. The highest BCUT2D eigenvalue weighted by molar-refractivity contribution is 7.89. The summed E-state index contributed by atoms with van der Waals surface area (Å²) in [4.78, 5) is 2.27. The van der Waals surface area contributed by atoms with E-state index in [-0.39, 0.29) is 25.7 Å². The van der Waals surface area contributed by atoms with Crippen LogP contribution in [0, 0.1) is 23.3 Å². The van der Waals surface area contributed by atoms with Crippen molar-refractivity contribution in [3.05, 3.63) is 59.4 Å². The molecule has 3 rings (SSSR count). The van der Waals surface area contributed by atoms with Crippen molar-refractivity contribution >= 4 is 10.0 Å². The van der Waals surface area contributed by atoms with Gasteiger partial charge in [-0.2, -0.15) is 4.31 Å². The van der Waals surface area contributed by atoms with Crippen LogP contribution in [0.3, 0.4) is 0 Å². The average molecular weight is 375 g/mol. The van der Waals surface area contributed by atoms with Crippen molar-refractivity contribution in [1.82, 2.24) is 14.6 Å². The van der Waals surface area contributed by atoms with Gasteiger partial charge in [-0.15, -0.1) is 0 Å². The molecule has 1 saturated heterocycles. The normalized spacial score (nSPS) is 19.1. The zero-order valence-electron chi connectivity index (χ0n) is 12.7. The van der Waals surface area contributed by atoms with E-state index in [1.165, 1.54) is 12.4 Å². The van der Waals surface area contributed by atoms with Crippen molar-refractivity contribution < 1.29 is 26.0 Å². The number of benzene rings is 1. The molecule has 1 aromatic heterocycles. The summed E-state index contributed by atoms with van der Waals surface area (Å²) in [6, 6.07) is 2.33. The Morgan fingerprint density at radius 2 is 1.84 bits per heavy atom. The molecule has 134 valence electrons. The van der Waals surface area contributed by atoms with E-state index in [2.05, 4.69) is 10.3 Å². The molecule has 0 aliphatic carbocycles. The number of nitrogens with one attached hydrogen (secondary N) is 1. The van der Waals surface area contributed by atoms with Gasteiger partial charge in [0.1, 0.15) is 0 Å². The second-order valence-electron chi connectivity index (χ2n) is 5.42. The molecular formula is C15H13F4N3O2S. The zero-order chi connectivity index (χ0) is 18.2. The van der Waals surface area contributed by atoms with Crippen molar-refractivity contribution in [1.29, 1.82) is 0 Å². The van der Waals surface area contributed by atoms with E-state index in [0.29, 0.717) is 5.56 Å². The molecule has 0 radical (unpaired) electrons. The van der Waals surface area contributed by atoms with Gasteiger partial charge in [0, 0.05) is 38.1 Å². The van der Waals surface area contributed by atoms with Gasteiger partial charge in [-0.1, -0.05) is 6.07 Å². The first-order chi connectivity index (χ1) is 11.8. The van der Waals surface area contributed by atoms with Gasteiger partial charge in [-0.25, -0.2) is 26.0 Å². The van der Waals surface area contributed by atoms with Crippen LogP contribution in [-0.4, -0.2) is 37.3 Å². The molecule has 0 spiro atoms. The van der Waals surface area contributed by atoms with E-state index in [9.17, 15) is 26.0 Å². The SMILES string of the molecule is O=S(=O)(c1c(F)c(F)cc(F)c1F)N1CCNCC1c1cccnc1. The molecule has 1 N–H and O–H groups in total. The Balaban J connectivity index is 2.13. The first-order valence-corrected chi connectivity index (χ1v) is 8.73. The molecule has 0 bridgehead atoms. The monoisotopic (exact) mass is 375 g/mol. The third-order valence-corrected chi connectivity index (χ3v) is 5.83. The summed E-state index contributed by atoms with van der Waals surface area (Å²) in [6.45, 7) is 0.252. The summed E-state index contributed by atoms with van der Waals surface area (Å²) >= 11 is 0. The van der Waals surface area contributed by atoms with Crippen LogP contribution in [0.15, 0.2) is 35.5 Å². The summed E-state index contributed by atoms with van der Waals surface area (Å²) in [7, 11) is -4.83. The van der Waals surface area contributed by atoms with E-state index >= 15 is 0 Å². The fourth-order valence-electron chi connectivity index (χ4n) is 2.73. The summed E-state index contributed by atoms with van der Waals surface area (Å²) in [5.41, 5.74) is 0.482. The van der Waals surface area contributed by atoms with Crippen molar-refractivity contribution in [2.24, 2.45) is 0 Å². The van der Waals surface area contributed by atoms with Gasteiger partial charge in [-0.05, 0) is 11.6 Å². The number of halogens is 4. The number of rotatable bonds is 3. The number of nitrogens with zero attached hydrogens (tertiary/aromatic N) is 2. The van der Waals surface area contributed by atoms with E-state index in [1.54, 1.807) is 12.1 Å². The zero-order valence-corrected chi connectivity index (χ0v) is 13.5. The quantitative estimate of drug-likeness (QED) is 0.658. The van der Waals surface area contributed by atoms with Gasteiger partial charge < -0.3 is 5.32 Å². The highest BCUT2D eigenvalue weighted by atomic mass is 32.2. The molecule has 2 heterocycles. The predicted octanol–water partition coefficient (Wildman–Crippen LogP) is 1.97. The highest BCUT2D eigenvalue weighted by Crippen LogP contribution is 2.32. The van der Waals surface area contributed by atoms with Crippen LogP contribution in [0.4, 0.5) is 17.6 Å². The maximum absolute atomic E-state index is 14.0. The van der Waals surface area contributed by atoms with Crippen molar-refractivity contribution in [3.63, 3.8) is 0 Å². The molecule has 1 fully saturated rings. The number of piperazine rings is 1. The second-order valence-corrected chi connectivity index (χ2v) is 7.25. The topological polar surface area (TPSA) is 62.3 Å². The van der Waals surface area contributed by atoms with Crippen LogP contribution in [-0.2, 0) is 10.0 Å². The van der Waals surface area contributed by atoms with Gasteiger partial charge in [0.05, 0.1) is 6.04 Å². The van der Waals surface area contributed by atoms with Crippen LogP contribution < -0.4 is 5.32 Å². The third kappa shape index (κ3) is 3.12. The van der Waals surface area contributed by atoms with Crippen LogP contribution in [0.2, 0.25) is 0 Å². The van der Waals surface area contributed by atoms with Gasteiger partial charge >= 0.3 is 0 Å². The first-order valence-electron chi connectivity index (χ1n) is 7.29. The Morgan fingerprint density at radius 1 is 1.16 bits per heavy atom. The molecule has 5 nitrogen and oxygen atoms in total. The van der Waals surface area contributed by atoms with Crippen LogP contribution in [0.25, 0.3) is 0 Å². The number of hydrogen-bond acceptors (Lipinski definition) is 4. The Hall–Kier alpha value is -2.04. The predicted molar refractivity (Wildman–Crippen MR) is 80.0 cm³/mol. The number of sulfonamides is 1. The molecule has 1 atom stereocenters. The van der Waals surface area contributed by atoms with Gasteiger partial charge in [0.25, 0.3) is 0 Å². The third-order valence-electron chi connectivity index (χ3n) is 3.90. The second kappa shape index (κ2) is 6.70. The van der Waals surface area contributed by atoms with Crippen molar-refractivity contribution in [2.75, 3.05) is 19.6 Å². The van der Waals surface area contributed by atoms with Crippen LogP contribution in [0.1, 0.15) is 11.6 Å². The Kier molecular flexibility index (Phi) is 4.76. The van der Waals surface area contributed by atoms with E-state index in [1.807, 2.05) is 0 Å². The number of aromatic nitrogens is 1. The standard InChI is InChI=1S/C15H13F4N3O2S/c16-10-6-11(17)14(19)15(13(10)18)25(23,24)22-5-4-21-8-12(22)9-2-1-3-20-7-9/h1-3,6-7,12,21H,4-5,8H2. The van der Waals surface area contributed by atoms with Gasteiger partial charge in [0.15, 0.2) is 28.2 Å². The number of pyridine rings is 1. The van der Waals surface area contributed by atoms with E-state index in [0.717, 1.165) is 4.31 Å². The lowest BCUT2D eigenvalue weighted by molar-refractivity contribution is 0.268. The molecule has 2 aromatic rings. The Labute approximate surface area is 141 Å². The van der Waals surface area contributed by atoms with Crippen LogP contribution in [0.5, 0.6) is 0 Å². The molecule has 1 aromatic carbocycles. The smallest absolute Gasteiger partial charge is 0.249 e. The molecule has 1 aliphatic heterocycles. The summed E-state index contributed by atoms with van der Waals surface area (Å²) in [5.74, 6) is -7.43. The van der Waals surface area contributed by atoms with E-state index in [4.69, 9.17) is 0 Å². The van der Waals surface area contributed by atoms with Crippen LogP contribution >= 0.6 is 0 Å². The fourth-order valence-corrected chi connectivity index (χ4v) is 4.47. The average Bonchev–Trinajstić information content (AvgIpc) is 2.61. The van der Waals surface area contributed by atoms with Gasteiger partial charge in [0.2, 0.25) is 10.0 Å². The van der Waals surface area contributed by atoms with Crippen molar-refractivity contribution in [3.8, 4) is 0 Å². The maximum Gasteiger partial charge on any atom is 0.249 e. The first kappa shape index (κ1) is 17.8. The lowest BCUT2D eigenvalue weighted by atomic mass is 10.1. The van der Waals surface area contributed by atoms with Crippen molar-refractivity contribution in [2.45, 2.75) is 10.9 Å². The van der Waals surface area contributed by atoms with E-state index < -0.39 is 44.2 Å². The Morgan fingerprint density at radius 3 is 2.44 bits per heavy atom. The summed E-state index contributed by atoms with van der Waals surface area (Å²) < 4.78 is 81.3. The lowest BCUT2D eigenvalue weighted by Gasteiger charge is -2.35. The minimum absolute atomic E-state index is 0.0277. The summed E-state index contributed by atoms with van der Waals surface area (Å²) in [6.07, 6.45) is 2.90. The fraction of sp³-hybridized carbons (Fsp3) is 0.267. The number of hydrogen-bond donors (Lipinski definition) is 1. The minimum Gasteiger partial charge on any atom is -0.313 e. The summed E-state index contributed by atoms with van der Waals surface area (Å²) in [5, 5.41) is 2.97. The highest BCUT2D eigenvalue weighted by Gasteiger charge is 2.39. The molecule has 0 saturated carbocycles. The molecule has 1 aliphatic rings. The Bertz CT molecular complexity index is 867. The molecule has 25 heavy (non-hydrogen) atoms. The molecule has 0 amide bonds. The largest absolute Gasteiger partial charge is 0.313 e. The maximum atomic E-state index is 14.0. The van der Waals surface area contributed by atoms with Gasteiger partial charge in [-0.3, -0.25) is 4.98 Å². The molecular weight excluding hydrogens is 362 g/mol. The lowest BCUT2D eigenvalue weighted by Crippen LogP contribution is -2.49. The molecule has 1 unspecified atom stereocenters.